The highest BCUT2D eigenvalue weighted by Gasteiger charge is 2.27. The topological polar surface area (TPSA) is 114 Å². The summed E-state index contributed by atoms with van der Waals surface area (Å²) in [6.07, 6.45) is 0. The molecule has 2 amide bonds. The van der Waals surface area contributed by atoms with Crippen molar-refractivity contribution in [3.63, 3.8) is 0 Å². The molecular weight excluding hydrogens is 434 g/mol. The van der Waals surface area contributed by atoms with E-state index in [1.807, 2.05) is 0 Å². The zero-order chi connectivity index (χ0) is 23.1. The third kappa shape index (κ3) is 5.52. The Morgan fingerprint density at radius 1 is 1.06 bits per heavy atom. The van der Waals surface area contributed by atoms with Gasteiger partial charge in [0.2, 0.25) is 10.0 Å². The summed E-state index contributed by atoms with van der Waals surface area (Å²) < 4.78 is 37.5. The van der Waals surface area contributed by atoms with Crippen LogP contribution in [0.15, 0.2) is 47.4 Å². The Labute approximate surface area is 187 Å². The fourth-order valence-electron chi connectivity index (χ4n) is 3.28. The van der Waals surface area contributed by atoms with Crippen LogP contribution in [0.1, 0.15) is 26.3 Å². The van der Waals surface area contributed by atoms with Crippen LogP contribution in [0.25, 0.3) is 0 Å². The number of methoxy groups -OCH3 is 1. The molecule has 32 heavy (non-hydrogen) atoms. The number of anilines is 1. The Bertz CT molecular complexity index is 1080. The van der Waals surface area contributed by atoms with Crippen molar-refractivity contribution < 1.29 is 27.5 Å². The molecule has 0 atom stereocenters. The standard InChI is InChI=1S/C22H27N3O6S/c1-16-7-8-17(32(28,29)25-10-13-31-14-11-25)15-19(16)22(27)24-20-6-4-3-5-18(20)21(26)23-9-12-30-2/h3-8,15H,9-14H2,1-2H3,(H,23,26)(H,24,27). The van der Waals surface area contributed by atoms with Crippen molar-refractivity contribution in [2.45, 2.75) is 11.8 Å². The molecule has 0 unspecified atom stereocenters. The predicted molar refractivity (Wildman–Crippen MR) is 119 cm³/mol. The minimum Gasteiger partial charge on any atom is -0.383 e. The highest BCUT2D eigenvalue weighted by atomic mass is 32.2. The molecule has 172 valence electrons. The van der Waals surface area contributed by atoms with Crippen molar-refractivity contribution in [3.8, 4) is 0 Å². The summed E-state index contributed by atoms with van der Waals surface area (Å²) in [5.41, 5.74) is 1.46. The molecule has 0 saturated carbocycles. The number of rotatable bonds is 8. The molecule has 0 aromatic heterocycles. The van der Waals surface area contributed by atoms with Crippen molar-refractivity contribution in [1.29, 1.82) is 0 Å². The molecule has 0 aliphatic carbocycles. The van der Waals surface area contributed by atoms with Gasteiger partial charge in [0, 0.05) is 32.3 Å². The van der Waals surface area contributed by atoms with Crippen LogP contribution in [0.2, 0.25) is 0 Å². The summed E-state index contributed by atoms with van der Waals surface area (Å²) in [5.74, 6) is -0.850. The summed E-state index contributed by atoms with van der Waals surface area (Å²) in [6, 6.07) is 11.1. The zero-order valence-corrected chi connectivity index (χ0v) is 18.9. The van der Waals surface area contributed by atoms with Gasteiger partial charge in [-0.3, -0.25) is 9.59 Å². The van der Waals surface area contributed by atoms with E-state index in [-0.39, 0.29) is 29.5 Å². The van der Waals surface area contributed by atoms with Crippen LogP contribution < -0.4 is 10.6 Å². The van der Waals surface area contributed by atoms with E-state index < -0.39 is 15.9 Å². The number of benzene rings is 2. The molecule has 0 bridgehead atoms. The Balaban J connectivity index is 1.83. The number of hydrogen-bond donors (Lipinski definition) is 2. The number of aryl methyl sites for hydroxylation is 1. The summed E-state index contributed by atoms with van der Waals surface area (Å²) in [5, 5.41) is 5.46. The maximum absolute atomic E-state index is 13.0. The molecule has 2 aromatic rings. The molecule has 0 radical (unpaired) electrons. The van der Waals surface area contributed by atoms with Gasteiger partial charge >= 0.3 is 0 Å². The second-order valence-corrected chi connectivity index (χ2v) is 9.18. The van der Waals surface area contributed by atoms with Crippen molar-refractivity contribution in [2.24, 2.45) is 0 Å². The van der Waals surface area contributed by atoms with E-state index in [0.717, 1.165) is 0 Å². The molecule has 1 saturated heterocycles. The normalized spacial score (nSPS) is 14.7. The number of sulfonamides is 1. The lowest BCUT2D eigenvalue weighted by Gasteiger charge is -2.26. The Morgan fingerprint density at radius 2 is 1.78 bits per heavy atom. The van der Waals surface area contributed by atoms with Gasteiger partial charge in [0.25, 0.3) is 11.8 Å². The molecule has 1 fully saturated rings. The lowest BCUT2D eigenvalue weighted by atomic mass is 10.1. The van der Waals surface area contributed by atoms with Gasteiger partial charge in [-0.05, 0) is 36.8 Å². The monoisotopic (exact) mass is 461 g/mol. The first kappa shape index (κ1) is 23.9. The third-order valence-electron chi connectivity index (χ3n) is 5.07. The Morgan fingerprint density at radius 3 is 2.50 bits per heavy atom. The lowest BCUT2D eigenvalue weighted by molar-refractivity contribution is 0.0730. The Hall–Kier alpha value is -2.79. The van der Waals surface area contributed by atoms with E-state index in [2.05, 4.69) is 10.6 Å². The van der Waals surface area contributed by atoms with Crippen LogP contribution in [0.4, 0.5) is 5.69 Å². The quantitative estimate of drug-likeness (QED) is 0.578. The van der Waals surface area contributed by atoms with Gasteiger partial charge < -0.3 is 20.1 Å². The van der Waals surface area contributed by atoms with E-state index in [1.54, 1.807) is 37.3 Å². The molecule has 1 heterocycles. The fourth-order valence-corrected chi connectivity index (χ4v) is 4.72. The minimum absolute atomic E-state index is 0.0424. The predicted octanol–water partition coefficient (Wildman–Crippen LogP) is 1.64. The van der Waals surface area contributed by atoms with Crippen LogP contribution in [0, 0.1) is 6.92 Å². The van der Waals surface area contributed by atoms with Crippen molar-refractivity contribution in [3.05, 3.63) is 59.2 Å². The smallest absolute Gasteiger partial charge is 0.255 e. The number of nitrogens with zero attached hydrogens (tertiary/aromatic N) is 1. The maximum Gasteiger partial charge on any atom is 0.255 e. The number of para-hydroxylation sites is 1. The lowest BCUT2D eigenvalue weighted by Crippen LogP contribution is -2.40. The number of morpholine rings is 1. The van der Waals surface area contributed by atoms with Crippen LogP contribution in [-0.4, -0.2) is 71.1 Å². The second kappa shape index (κ2) is 10.7. The van der Waals surface area contributed by atoms with E-state index in [4.69, 9.17) is 9.47 Å². The van der Waals surface area contributed by atoms with Crippen LogP contribution >= 0.6 is 0 Å². The fraction of sp³-hybridized carbons (Fsp3) is 0.364. The van der Waals surface area contributed by atoms with Gasteiger partial charge in [0.1, 0.15) is 0 Å². The highest BCUT2D eigenvalue weighted by molar-refractivity contribution is 7.89. The first-order valence-electron chi connectivity index (χ1n) is 10.2. The minimum atomic E-state index is -3.74. The molecule has 3 rings (SSSR count). The van der Waals surface area contributed by atoms with Gasteiger partial charge in [0.05, 0.1) is 36.0 Å². The van der Waals surface area contributed by atoms with Crippen molar-refractivity contribution in [2.75, 3.05) is 51.9 Å². The second-order valence-electron chi connectivity index (χ2n) is 7.24. The van der Waals surface area contributed by atoms with E-state index in [0.29, 0.717) is 43.2 Å². The number of nitrogens with one attached hydrogen (secondary N) is 2. The molecule has 1 aliphatic heterocycles. The van der Waals surface area contributed by atoms with E-state index in [9.17, 15) is 18.0 Å². The number of carbonyl (C=O) groups excluding carboxylic acids is 2. The van der Waals surface area contributed by atoms with Crippen molar-refractivity contribution in [1.82, 2.24) is 9.62 Å². The van der Waals surface area contributed by atoms with Gasteiger partial charge in [-0.25, -0.2) is 8.42 Å². The number of carbonyl (C=O) groups is 2. The Kier molecular flexibility index (Phi) is 7.97. The summed E-state index contributed by atoms with van der Waals surface area (Å²) in [6.45, 7) is 3.63. The summed E-state index contributed by atoms with van der Waals surface area (Å²) in [7, 11) is -2.21. The maximum atomic E-state index is 13.0. The molecule has 0 spiro atoms. The number of amides is 2. The highest BCUT2D eigenvalue weighted by Crippen LogP contribution is 2.22. The van der Waals surface area contributed by atoms with Crippen LogP contribution in [-0.2, 0) is 19.5 Å². The number of hydrogen-bond acceptors (Lipinski definition) is 6. The third-order valence-corrected chi connectivity index (χ3v) is 6.97. The number of ether oxygens (including phenoxy) is 2. The van der Waals surface area contributed by atoms with Crippen LogP contribution in [0.3, 0.4) is 0 Å². The summed E-state index contributed by atoms with van der Waals surface area (Å²) in [4.78, 5) is 25.5. The SMILES string of the molecule is COCCNC(=O)c1ccccc1NC(=O)c1cc(S(=O)(=O)N2CCOCC2)ccc1C. The zero-order valence-electron chi connectivity index (χ0n) is 18.1. The molecular formula is C22H27N3O6S. The van der Waals surface area contributed by atoms with Gasteiger partial charge in [0.15, 0.2) is 0 Å². The van der Waals surface area contributed by atoms with Gasteiger partial charge in [-0.1, -0.05) is 18.2 Å². The van der Waals surface area contributed by atoms with E-state index in [1.165, 1.54) is 23.5 Å². The molecule has 9 nitrogen and oxygen atoms in total. The molecule has 2 aromatic carbocycles. The van der Waals surface area contributed by atoms with E-state index >= 15 is 0 Å². The summed E-state index contributed by atoms with van der Waals surface area (Å²) >= 11 is 0. The first-order chi connectivity index (χ1) is 15.3. The first-order valence-corrected chi connectivity index (χ1v) is 11.6. The van der Waals surface area contributed by atoms with Gasteiger partial charge in [-0.15, -0.1) is 0 Å². The van der Waals surface area contributed by atoms with Crippen LogP contribution in [0.5, 0.6) is 0 Å². The molecule has 10 heteroatoms. The molecule has 1 aliphatic rings. The van der Waals surface area contributed by atoms with Crippen molar-refractivity contribution >= 4 is 27.5 Å². The average Bonchev–Trinajstić information content (AvgIpc) is 2.80. The average molecular weight is 462 g/mol. The molecule has 2 N–H and O–H groups in total. The largest absolute Gasteiger partial charge is 0.383 e. The van der Waals surface area contributed by atoms with Gasteiger partial charge in [-0.2, -0.15) is 4.31 Å².